The second-order valence-corrected chi connectivity index (χ2v) is 7.52. The van der Waals surface area contributed by atoms with Gasteiger partial charge in [0.15, 0.2) is 0 Å². The quantitative estimate of drug-likeness (QED) is 0.792. The SMILES string of the molecule is CC(C)(O)C(C)(C)N1C(=O)CC2(CCCCCC2)C1=O. The monoisotopic (exact) mass is 281 g/mol. The third-order valence-electron chi connectivity index (χ3n) is 5.51. The summed E-state index contributed by atoms with van der Waals surface area (Å²) in [7, 11) is 0. The van der Waals surface area contributed by atoms with Gasteiger partial charge in [-0.15, -0.1) is 0 Å². The zero-order valence-electron chi connectivity index (χ0n) is 13.2. The summed E-state index contributed by atoms with van der Waals surface area (Å²) < 4.78 is 0. The normalized spacial score (nSPS) is 24.4. The molecule has 114 valence electrons. The fourth-order valence-electron chi connectivity index (χ4n) is 3.43. The molecule has 2 amide bonds. The smallest absolute Gasteiger partial charge is 0.236 e. The van der Waals surface area contributed by atoms with E-state index < -0.39 is 16.6 Å². The first kappa shape index (κ1) is 15.5. The molecule has 1 N–H and O–H groups in total. The second kappa shape index (κ2) is 4.83. The molecular weight excluding hydrogens is 254 g/mol. The van der Waals surface area contributed by atoms with E-state index in [-0.39, 0.29) is 11.8 Å². The van der Waals surface area contributed by atoms with Crippen LogP contribution >= 0.6 is 0 Å². The molecule has 2 aliphatic rings. The lowest BCUT2D eigenvalue weighted by Crippen LogP contribution is -2.60. The van der Waals surface area contributed by atoms with E-state index in [0.717, 1.165) is 38.5 Å². The first-order valence-corrected chi connectivity index (χ1v) is 7.72. The van der Waals surface area contributed by atoms with Crippen LogP contribution in [0.15, 0.2) is 0 Å². The first-order valence-electron chi connectivity index (χ1n) is 7.72. The fourth-order valence-corrected chi connectivity index (χ4v) is 3.43. The third-order valence-corrected chi connectivity index (χ3v) is 5.51. The van der Waals surface area contributed by atoms with E-state index in [9.17, 15) is 14.7 Å². The molecule has 2 rings (SSSR count). The zero-order valence-corrected chi connectivity index (χ0v) is 13.2. The van der Waals surface area contributed by atoms with Crippen molar-refractivity contribution in [3.8, 4) is 0 Å². The molecule has 4 heteroatoms. The third kappa shape index (κ3) is 2.28. The predicted octanol–water partition coefficient (Wildman–Crippen LogP) is 2.64. The first-order chi connectivity index (χ1) is 9.12. The number of imide groups is 1. The summed E-state index contributed by atoms with van der Waals surface area (Å²) >= 11 is 0. The molecule has 4 nitrogen and oxygen atoms in total. The lowest BCUT2D eigenvalue weighted by Gasteiger charge is -2.44. The molecule has 0 aromatic carbocycles. The topological polar surface area (TPSA) is 57.6 Å². The van der Waals surface area contributed by atoms with Gasteiger partial charge in [-0.1, -0.05) is 25.7 Å². The summed E-state index contributed by atoms with van der Waals surface area (Å²) in [5.41, 5.74) is -2.48. The van der Waals surface area contributed by atoms with Gasteiger partial charge in [0, 0.05) is 6.42 Å². The number of carbonyl (C=O) groups is 2. The minimum absolute atomic E-state index is 0.0588. The largest absolute Gasteiger partial charge is 0.388 e. The number of likely N-dealkylation sites (tertiary alicyclic amines) is 1. The van der Waals surface area contributed by atoms with Crippen LogP contribution in [0.1, 0.15) is 72.6 Å². The summed E-state index contributed by atoms with van der Waals surface area (Å²) in [6.07, 6.45) is 6.30. The highest BCUT2D eigenvalue weighted by molar-refractivity contribution is 6.06. The highest BCUT2D eigenvalue weighted by Gasteiger charge is 2.57. The van der Waals surface area contributed by atoms with Gasteiger partial charge in [-0.2, -0.15) is 0 Å². The van der Waals surface area contributed by atoms with Gasteiger partial charge in [-0.05, 0) is 40.5 Å². The maximum absolute atomic E-state index is 12.9. The van der Waals surface area contributed by atoms with Crippen molar-refractivity contribution in [2.24, 2.45) is 5.41 Å². The van der Waals surface area contributed by atoms with Gasteiger partial charge in [-0.25, -0.2) is 0 Å². The van der Waals surface area contributed by atoms with Crippen LogP contribution in [0.25, 0.3) is 0 Å². The lowest BCUT2D eigenvalue weighted by atomic mass is 9.78. The minimum Gasteiger partial charge on any atom is -0.388 e. The van der Waals surface area contributed by atoms with Crippen molar-refractivity contribution in [3.05, 3.63) is 0 Å². The summed E-state index contributed by atoms with van der Waals surface area (Å²) in [6.45, 7) is 6.87. The number of amides is 2. The molecule has 20 heavy (non-hydrogen) atoms. The van der Waals surface area contributed by atoms with Crippen molar-refractivity contribution >= 4 is 11.8 Å². The maximum Gasteiger partial charge on any atom is 0.236 e. The molecule has 0 atom stereocenters. The van der Waals surface area contributed by atoms with Crippen LogP contribution in [0.5, 0.6) is 0 Å². The van der Waals surface area contributed by atoms with E-state index in [1.165, 1.54) is 4.90 Å². The zero-order chi connectivity index (χ0) is 15.2. The van der Waals surface area contributed by atoms with Crippen molar-refractivity contribution in [2.45, 2.75) is 83.8 Å². The second-order valence-electron chi connectivity index (χ2n) is 7.52. The molecule has 0 aromatic heterocycles. The Morgan fingerprint density at radius 1 is 1.00 bits per heavy atom. The standard InChI is InChI=1S/C16H27NO3/c1-14(2,15(3,4)20)17-12(18)11-16(13(17)19)9-7-5-6-8-10-16/h20H,5-11H2,1-4H3. The van der Waals surface area contributed by atoms with Crippen molar-refractivity contribution in [2.75, 3.05) is 0 Å². The van der Waals surface area contributed by atoms with Gasteiger partial charge in [0.25, 0.3) is 0 Å². The molecule has 0 bridgehead atoms. The summed E-state index contributed by atoms with van der Waals surface area (Å²) in [4.78, 5) is 26.7. The van der Waals surface area contributed by atoms with Crippen LogP contribution < -0.4 is 0 Å². The Hall–Kier alpha value is -0.900. The van der Waals surface area contributed by atoms with Crippen LogP contribution in [0.2, 0.25) is 0 Å². The van der Waals surface area contributed by atoms with Crippen LogP contribution in [-0.4, -0.2) is 33.0 Å². The van der Waals surface area contributed by atoms with Gasteiger partial charge < -0.3 is 5.11 Å². The number of nitrogens with zero attached hydrogens (tertiary/aromatic N) is 1. The average Bonchev–Trinajstić information content (AvgIpc) is 2.49. The highest BCUT2D eigenvalue weighted by atomic mass is 16.3. The molecule has 2 fully saturated rings. The number of hydrogen-bond acceptors (Lipinski definition) is 3. The van der Waals surface area contributed by atoms with E-state index in [4.69, 9.17) is 0 Å². The van der Waals surface area contributed by atoms with Gasteiger partial charge in [0.1, 0.15) is 0 Å². The fraction of sp³-hybridized carbons (Fsp3) is 0.875. The predicted molar refractivity (Wildman–Crippen MR) is 77.0 cm³/mol. The van der Waals surface area contributed by atoms with Crippen LogP contribution in [0, 0.1) is 5.41 Å². The summed E-state index contributed by atoms with van der Waals surface area (Å²) in [6, 6.07) is 0. The lowest BCUT2D eigenvalue weighted by molar-refractivity contribution is -0.158. The number of hydrogen-bond donors (Lipinski definition) is 1. The molecule has 1 heterocycles. The van der Waals surface area contributed by atoms with Gasteiger partial charge in [0.2, 0.25) is 11.8 Å². The van der Waals surface area contributed by atoms with E-state index in [0.29, 0.717) is 6.42 Å². The van der Waals surface area contributed by atoms with Crippen molar-refractivity contribution in [1.82, 2.24) is 4.90 Å². The molecule has 1 spiro atoms. The molecule has 1 saturated heterocycles. The Balaban J connectivity index is 2.34. The van der Waals surface area contributed by atoms with Crippen LogP contribution in [-0.2, 0) is 9.59 Å². The molecule has 0 radical (unpaired) electrons. The van der Waals surface area contributed by atoms with Crippen LogP contribution in [0.4, 0.5) is 0 Å². The Morgan fingerprint density at radius 2 is 1.50 bits per heavy atom. The molecule has 1 aliphatic carbocycles. The summed E-state index contributed by atoms with van der Waals surface area (Å²) in [5, 5.41) is 10.3. The molecule has 0 unspecified atom stereocenters. The molecule has 1 saturated carbocycles. The van der Waals surface area contributed by atoms with Gasteiger partial charge >= 0.3 is 0 Å². The molecular formula is C16H27NO3. The van der Waals surface area contributed by atoms with Crippen molar-refractivity contribution in [1.29, 1.82) is 0 Å². The average molecular weight is 281 g/mol. The Morgan fingerprint density at radius 3 is 1.95 bits per heavy atom. The highest BCUT2D eigenvalue weighted by Crippen LogP contribution is 2.47. The van der Waals surface area contributed by atoms with E-state index >= 15 is 0 Å². The summed E-state index contributed by atoms with van der Waals surface area (Å²) in [5.74, 6) is -0.180. The Bertz CT molecular complexity index is 412. The Labute approximate surface area is 121 Å². The van der Waals surface area contributed by atoms with E-state index in [2.05, 4.69) is 0 Å². The Kier molecular flexibility index (Phi) is 3.74. The number of rotatable bonds is 2. The number of carbonyl (C=O) groups excluding carboxylic acids is 2. The van der Waals surface area contributed by atoms with Gasteiger partial charge in [0.05, 0.1) is 16.6 Å². The van der Waals surface area contributed by atoms with Crippen molar-refractivity contribution < 1.29 is 14.7 Å². The van der Waals surface area contributed by atoms with Crippen molar-refractivity contribution in [3.63, 3.8) is 0 Å². The number of aliphatic hydroxyl groups is 1. The van der Waals surface area contributed by atoms with Gasteiger partial charge in [-0.3, -0.25) is 14.5 Å². The van der Waals surface area contributed by atoms with E-state index in [1.807, 2.05) is 0 Å². The minimum atomic E-state index is -1.12. The maximum atomic E-state index is 12.9. The van der Waals surface area contributed by atoms with Crippen LogP contribution in [0.3, 0.4) is 0 Å². The van der Waals surface area contributed by atoms with E-state index in [1.54, 1.807) is 27.7 Å². The molecule has 1 aliphatic heterocycles. The molecule has 0 aromatic rings.